The Hall–Kier alpha value is -1.32. The van der Waals surface area contributed by atoms with E-state index >= 15 is 0 Å². The van der Waals surface area contributed by atoms with Gasteiger partial charge in [0.15, 0.2) is 0 Å². The number of nitrogens with zero attached hydrogens (tertiary/aromatic N) is 1. The fourth-order valence-corrected chi connectivity index (χ4v) is 2.16. The number of carbonyl (C=O) groups excluding carboxylic acids is 1. The number of carbonyl (C=O) groups is 1. The van der Waals surface area contributed by atoms with Gasteiger partial charge in [-0.15, -0.1) is 0 Å². The average molecular weight is 207 g/mol. The van der Waals surface area contributed by atoms with E-state index in [-0.39, 0.29) is 5.91 Å². The van der Waals surface area contributed by atoms with E-state index < -0.39 is 0 Å². The average Bonchev–Trinajstić information content (AvgIpc) is 2.74. The van der Waals surface area contributed by atoms with Crippen LogP contribution in [0.4, 0.5) is 0 Å². The van der Waals surface area contributed by atoms with E-state index in [0.717, 1.165) is 6.42 Å². The highest BCUT2D eigenvalue weighted by Crippen LogP contribution is 2.23. The molecule has 2 rings (SSSR count). The summed E-state index contributed by atoms with van der Waals surface area (Å²) in [6, 6.07) is 0.334. The fraction of sp³-hybridized carbons (Fsp3) is 0.636. The van der Waals surface area contributed by atoms with Crippen molar-refractivity contribution in [2.24, 2.45) is 5.92 Å². The molecule has 0 bridgehead atoms. The van der Waals surface area contributed by atoms with E-state index in [2.05, 4.69) is 22.4 Å². The molecule has 1 aromatic heterocycles. The highest BCUT2D eigenvalue weighted by atomic mass is 16.1. The van der Waals surface area contributed by atoms with Gasteiger partial charge in [-0.2, -0.15) is 5.10 Å². The monoisotopic (exact) mass is 207 g/mol. The van der Waals surface area contributed by atoms with Crippen LogP contribution in [0.3, 0.4) is 0 Å². The van der Waals surface area contributed by atoms with E-state index in [4.69, 9.17) is 0 Å². The first-order valence-electron chi connectivity index (χ1n) is 5.57. The molecule has 1 aromatic rings. The van der Waals surface area contributed by atoms with Gasteiger partial charge in [0, 0.05) is 12.2 Å². The van der Waals surface area contributed by atoms with Crippen molar-refractivity contribution in [3.05, 3.63) is 18.0 Å². The van der Waals surface area contributed by atoms with Gasteiger partial charge in [0.25, 0.3) is 5.91 Å². The van der Waals surface area contributed by atoms with Crippen molar-refractivity contribution in [2.45, 2.75) is 38.6 Å². The summed E-state index contributed by atoms with van der Waals surface area (Å²) in [5.74, 6) is 0.581. The smallest absolute Gasteiger partial charge is 0.254 e. The van der Waals surface area contributed by atoms with Gasteiger partial charge in [-0.3, -0.25) is 9.89 Å². The summed E-state index contributed by atoms with van der Waals surface area (Å²) < 4.78 is 0. The standard InChI is InChI=1S/C11H17N3O/c1-8-4-2-3-5-10(8)14-11(15)9-6-12-13-7-9/h6-8,10H,2-5H2,1H3,(H,12,13)(H,14,15). The molecule has 0 aliphatic heterocycles. The predicted molar refractivity (Wildman–Crippen MR) is 57.5 cm³/mol. The predicted octanol–water partition coefficient (Wildman–Crippen LogP) is 1.72. The van der Waals surface area contributed by atoms with Gasteiger partial charge in [-0.1, -0.05) is 19.8 Å². The lowest BCUT2D eigenvalue weighted by molar-refractivity contribution is 0.0910. The number of H-pyrrole nitrogens is 1. The zero-order valence-corrected chi connectivity index (χ0v) is 8.99. The molecular formula is C11H17N3O. The molecule has 1 aliphatic rings. The number of amides is 1. The SMILES string of the molecule is CC1CCCCC1NC(=O)c1cn[nH]c1. The van der Waals surface area contributed by atoms with E-state index in [1.54, 1.807) is 12.4 Å². The Morgan fingerprint density at radius 3 is 3.00 bits per heavy atom. The number of aromatic amines is 1. The van der Waals surface area contributed by atoms with Crippen LogP contribution in [0.2, 0.25) is 0 Å². The molecule has 82 valence electrons. The third-order valence-electron chi connectivity index (χ3n) is 3.19. The van der Waals surface area contributed by atoms with E-state index in [0.29, 0.717) is 17.5 Å². The molecule has 4 heteroatoms. The minimum absolute atomic E-state index is 0.0116. The molecule has 0 radical (unpaired) electrons. The summed E-state index contributed by atoms with van der Waals surface area (Å²) in [5, 5.41) is 9.49. The molecule has 4 nitrogen and oxygen atoms in total. The van der Waals surface area contributed by atoms with Gasteiger partial charge in [0.05, 0.1) is 11.8 Å². The lowest BCUT2D eigenvalue weighted by Gasteiger charge is -2.29. The molecule has 2 atom stereocenters. The van der Waals surface area contributed by atoms with Gasteiger partial charge in [0.2, 0.25) is 0 Å². The second-order valence-corrected chi connectivity index (χ2v) is 4.33. The number of hydrogen-bond acceptors (Lipinski definition) is 2. The number of nitrogens with one attached hydrogen (secondary N) is 2. The van der Waals surface area contributed by atoms with Crippen LogP contribution in [0.25, 0.3) is 0 Å². The van der Waals surface area contributed by atoms with Crippen molar-refractivity contribution >= 4 is 5.91 Å². The first-order chi connectivity index (χ1) is 7.27. The quantitative estimate of drug-likeness (QED) is 0.775. The van der Waals surface area contributed by atoms with Crippen LogP contribution >= 0.6 is 0 Å². The Balaban J connectivity index is 1.93. The van der Waals surface area contributed by atoms with Gasteiger partial charge >= 0.3 is 0 Å². The Morgan fingerprint density at radius 2 is 2.33 bits per heavy atom. The lowest BCUT2D eigenvalue weighted by atomic mass is 9.86. The Morgan fingerprint density at radius 1 is 1.53 bits per heavy atom. The lowest BCUT2D eigenvalue weighted by Crippen LogP contribution is -2.40. The Kier molecular flexibility index (Phi) is 3.04. The third-order valence-corrected chi connectivity index (χ3v) is 3.19. The van der Waals surface area contributed by atoms with Crippen molar-refractivity contribution in [3.8, 4) is 0 Å². The molecule has 2 unspecified atom stereocenters. The molecule has 1 heterocycles. The molecule has 0 spiro atoms. The maximum absolute atomic E-state index is 11.7. The number of rotatable bonds is 2. The Labute approximate surface area is 89.5 Å². The highest BCUT2D eigenvalue weighted by Gasteiger charge is 2.23. The minimum Gasteiger partial charge on any atom is -0.349 e. The minimum atomic E-state index is -0.0116. The van der Waals surface area contributed by atoms with Crippen molar-refractivity contribution < 1.29 is 4.79 Å². The molecule has 1 aliphatic carbocycles. The van der Waals surface area contributed by atoms with Gasteiger partial charge in [0.1, 0.15) is 0 Å². The first-order valence-corrected chi connectivity index (χ1v) is 5.57. The summed E-state index contributed by atoms with van der Waals surface area (Å²) >= 11 is 0. The molecule has 0 saturated heterocycles. The molecule has 0 aromatic carbocycles. The maximum atomic E-state index is 11.7. The molecule has 1 saturated carbocycles. The van der Waals surface area contributed by atoms with Crippen molar-refractivity contribution in [2.75, 3.05) is 0 Å². The van der Waals surface area contributed by atoms with Crippen LogP contribution in [-0.2, 0) is 0 Å². The summed E-state index contributed by atoms with van der Waals surface area (Å²) in [6.07, 6.45) is 8.02. The van der Waals surface area contributed by atoms with Crippen LogP contribution in [0, 0.1) is 5.92 Å². The number of hydrogen-bond donors (Lipinski definition) is 2. The van der Waals surface area contributed by atoms with E-state index in [1.807, 2.05) is 0 Å². The second kappa shape index (κ2) is 4.47. The van der Waals surface area contributed by atoms with Crippen LogP contribution in [0.15, 0.2) is 12.4 Å². The van der Waals surface area contributed by atoms with Gasteiger partial charge in [-0.05, 0) is 18.8 Å². The third kappa shape index (κ3) is 2.37. The zero-order valence-electron chi connectivity index (χ0n) is 8.99. The summed E-state index contributed by atoms with van der Waals surface area (Å²) in [4.78, 5) is 11.7. The number of aromatic nitrogens is 2. The summed E-state index contributed by atoms with van der Waals surface area (Å²) in [6.45, 7) is 2.21. The van der Waals surface area contributed by atoms with E-state index in [1.165, 1.54) is 19.3 Å². The zero-order chi connectivity index (χ0) is 10.7. The molecule has 15 heavy (non-hydrogen) atoms. The fourth-order valence-electron chi connectivity index (χ4n) is 2.16. The van der Waals surface area contributed by atoms with Crippen molar-refractivity contribution in [1.82, 2.24) is 15.5 Å². The summed E-state index contributed by atoms with van der Waals surface area (Å²) in [7, 11) is 0. The van der Waals surface area contributed by atoms with Crippen molar-refractivity contribution in [1.29, 1.82) is 0 Å². The Bertz CT molecular complexity index is 321. The molecule has 1 amide bonds. The molecule has 2 N–H and O–H groups in total. The normalized spacial score (nSPS) is 26.2. The summed E-state index contributed by atoms with van der Waals surface area (Å²) in [5.41, 5.74) is 0.618. The molecular weight excluding hydrogens is 190 g/mol. The van der Waals surface area contributed by atoms with Gasteiger partial charge < -0.3 is 5.32 Å². The second-order valence-electron chi connectivity index (χ2n) is 4.33. The highest BCUT2D eigenvalue weighted by molar-refractivity contribution is 5.93. The van der Waals surface area contributed by atoms with Crippen LogP contribution in [0.1, 0.15) is 43.0 Å². The first kappa shape index (κ1) is 10.2. The van der Waals surface area contributed by atoms with Crippen LogP contribution in [0.5, 0.6) is 0 Å². The van der Waals surface area contributed by atoms with Crippen LogP contribution < -0.4 is 5.32 Å². The maximum Gasteiger partial charge on any atom is 0.254 e. The van der Waals surface area contributed by atoms with Crippen molar-refractivity contribution in [3.63, 3.8) is 0 Å². The topological polar surface area (TPSA) is 57.8 Å². The largest absolute Gasteiger partial charge is 0.349 e. The van der Waals surface area contributed by atoms with Crippen LogP contribution in [-0.4, -0.2) is 22.1 Å². The molecule has 1 fully saturated rings. The van der Waals surface area contributed by atoms with E-state index in [9.17, 15) is 4.79 Å². The van der Waals surface area contributed by atoms with Gasteiger partial charge in [-0.25, -0.2) is 0 Å².